The first-order chi connectivity index (χ1) is 57.7. The van der Waals surface area contributed by atoms with Crippen LogP contribution < -0.4 is 53.0 Å². The van der Waals surface area contributed by atoms with Crippen molar-refractivity contribution >= 4 is 69.1 Å². The van der Waals surface area contributed by atoms with E-state index in [1.54, 1.807) is 124 Å². The summed E-state index contributed by atoms with van der Waals surface area (Å²) in [6.45, 7) is 11.0. The normalized spacial score (nSPS) is 13.3. The van der Waals surface area contributed by atoms with E-state index in [1.807, 2.05) is 52.0 Å². The molecular weight excluding hydrogens is 1580 g/mol. The number of anilines is 4. The van der Waals surface area contributed by atoms with E-state index in [2.05, 4.69) is 21.3 Å². The predicted molar refractivity (Wildman–Crippen MR) is 465 cm³/mol. The lowest BCUT2D eigenvalue weighted by Gasteiger charge is -2.22. The minimum atomic E-state index is -0.198. The molecule has 30 nitrogen and oxygen atoms in total. The number of aryl methyl sites for hydroxylation is 8. The van der Waals surface area contributed by atoms with E-state index < -0.39 is 0 Å². The van der Waals surface area contributed by atoms with Crippen LogP contribution in [0.15, 0.2) is 67.7 Å². The van der Waals surface area contributed by atoms with Gasteiger partial charge in [0.2, 0.25) is 0 Å². The van der Waals surface area contributed by atoms with E-state index in [0.717, 1.165) is 47.9 Å². The van der Waals surface area contributed by atoms with Gasteiger partial charge in [-0.2, -0.15) is 0 Å². The highest BCUT2D eigenvalue weighted by Crippen LogP contribution is 2.40. The van der Waals surface area contributed by atoms with Gasteiger partial charge in [0.05, 0.1) is 135 Å². The first-order valence-electron chi connectivity index (χ1n) is 40.3. The van der Waals surface area contributed by atoms with Crippen molar-refractivity contribution in [1.29, 1.82) is 0 Å². The molecule has 4 aliphatic rings. The standard InChI is InChI=1S/C23H31N3O5.C22H28ClN3O4.C22H29N3O5.C21H26ClN3O4/c1-6-18-21(24-15(12-29-3)13-30-4)23(28)26(2)22(25-18)17-10-14-8-7-9-19(27)16(14)11-20(17)31-5;1-5-18-20(24-14(11-29-3)12-30-4)22(28)26(2)21(25-18)16-9-13-7-6-8-19(27)15(13)10-17(16)23;1-6-17-20(23-14(11-28-3)12-29-4)22(27)25(2)21(24-17)16-9-13-7-8-18(26)15(13)10-19(16)30-5;1-5-17-19(23-13(10-28-3)11-29-4)21(27)25(2)20(24-17)15-8-12-6-7-18(26)14(12)9-16(15)22/h10-11,15,24H,6-9,12-13H2,1-5H3;9-10,14,24H,5-8,11-12H2,1-4H3;9-10,14,23H,6-8,11-12H2,1-5H3;8-9,13,23H,5-7,10-11H2,1-4H3. The molecule has 32 heteroatoms. The zero-order chi connectivity index (χ0) is 87.3. The van der Waals surface area contributed by atoms with Gasteiger partial charge in [-0.3, -0.25) is 56.6 Å². The summed E-state index contributed by atoms with van der Waals surface area (Å²) in [5.74, 6) is 3.53. The Morgan fingerprint density at radius 1 is 0.308 bits per heavy atom. The van der Waals surface area contributed by atoms with Crippen LogP contribution in [0, 0.1) is 0 Å². The lowest BCUT2D eigenvalue weighted by molar-refractivity contribution is 0.0964. The van der Waals surface area contributed by atoms with E-state index in [-0.39, 0.29) is 69.5 Å². The lowest BCUT2D eigenvalue weighted by atomic mass is 9.88. The first-order valence-corrected chi connectivity index (χ1v) is 41.0. The summed E-state index contributed by atoms with van der Waals surface area (Å²) < 4.78 is 59.0. The number of aromatic nitrogens is 8. The molecule has 648 valence electrons. The average Bonchev–Trinajstić information content (AvgIpc) is 1.66. The maximum absolute atomic E-state index is 13.3. The molecule has 0 fully saturated rings. The second kappa shape index (κ2) is 44.1. The van der Waals surface area contributed by atoms with Crippen LogP contribution in [0.5, 0.6) is 11.5 Å². The number of Topliss-reactive ketones (excluding diaryl/α,β-unsaturated/α-hetero) is 4. The van der Waals surface area contributed by atoms with E-state index >= 15 is 0 Å². The van der Waals surface area contributed by atoms with E-state index in [0.29, 0.717) is 252 Å². The van der Waals surface area contributed by atoms with Gasteiger partial charge in [-0.25, -0.2) is 19.9 Å². The molecule has 4 aliphatic carbocycles. The highest BCUT2D eigenvalue weighted by Gasteiger charge is 2.31. The number of hydrogen-bond acceptors (Lipinski definition) is 26. The number of ketones is 4. The van der Waals surface area contributed by atoms with Crippen LogP contribution in [0.25, 0.3) is 45.6 Å². The summed E-state index contributed by atoms with van der Waals surface area (Å²) in [7, 11) is 22.7. The number of hydrogen-bond donors (Lipinski definition) is 4. The van der Waals surface area contributed by atoms with Crippen molar-refractivity contribution in [3.63, 3.8) is 0 Å². The van der Waals surface area contributed by atoms with Gasteiger partial charge in [-0.1, -0.05) is 50.9 Å². The highest BCUT2D eigenvalue weighted by molar-refractivity contribution is 6.34. The minimum absolute atomic E-state index is 0.103. The van der Waals surface area contributed by atoms with Gasteiger partial charge >= 0.3 is 0 Å². The second-order valence-corrected chi connectivity index (χ2v) is 30.5. The van der Waals surface area contributed by atoms with Crippen LogP contribution in [-0.2, 0) is 117 Å². The van der Waals surface area contributed by atoms with Crippen LogP contribution >= 0.6 is 23.2 Å². The molecule has 4 aromatic heterocycles. The third kappa shape index (κ3) is 21.5. The second-order valence-electron chi connectivity index (χ2n) is 29.7. The topological polar surface area (TPSA) is 348 Å². The Kier molecular flexibility index (Phi) is 34.5. The number of benzene rings is 4. The third-order valence-electron chi connectivity index (χ3n) is 21.5. The Morgan fingerprint density at radius 3 is 0.775 bits per heavy atom. The molecule has 0 aliphatic heterocycles. The van der Waals surface area contributed by atoms with Crippen molar-refractivity contribution < 1.29 is 66.5 Å². The maximum Gasteiger partial charge on any atom is 0.277 e. The van der Waals surface area contributed by atoms with E-state index in [1.165, 1.54) is 18.3 Å². The summed E-state index contributed by atoms with van der Waals surface area (Å²) in [5, 5.41) is 13.8. The Bertz CT molecular complexity index is 5270. The van der Waals surface area contributed by atoms with Crippen molar-refractivity contribution in [2.45, 2.75) is 142 Å². The van der Waals surface area contributed by atoms with Crippen molar-refractivity contribution in [3.8, 4) is 57.1 Å². The molecule has 0 spiro atoms. The van der Waals surface area contributed by atoms with Gasteiger partial charge in [0.25, 0.3) is 22.2 Å². The predicted octanol–water partition coefficient (Wildman–Crippen LogP) is 11.0. The fraction of sp³-hybridized carbons (Fsp3) is 0.500. The van der Waals surface area contributed by atoms with Gasteiger partial charge in [-0.05, 0) is 135 Å². The molecule has 0 atom stereocenters. The summed E-state index contributed by atoms with van der Waals surface area (Å²) in [6, 6.07) is 13.9. The molecular formula is C88H114Cl2N12O18. The molecule has 0 bridgehead atoms. The van der Waals surface area contributed by atoms with Crippen LogP contribution in [0.1, 0.15) is 153 Å². The quantitative estimate of drug-likeness (QED) is 0.0291. The molecule has 0 amide bonds. The van der Waals surface area contributed by atoms with Crippen LogP contribution in [-0.4, -0.2) is 209 Å². The molecule has 0 radical (unpaired) electrons. The van der Waals surface area contributed by atoms with Crippen LogP contribution in [0.3, 0.4) is 0 Å². The zero-order valence-corrected chi connectivity index (χ0v) is 73.7. The van der Waals surface area contributed by atoms with Crippen LogP contribution in [0.4, 0.5) is 22.7 Å². The minimum Gasteiger partial charge on any atom is -0.496 e. The van der Waals surface area contributed by atoms with Gasteiger partial charge in [0.15, 0.2) is 23.1 Å². The number of fused-ring (bicyclic) bond motifs is 4. The molecule has 0 unspecified atom stereocenters. The number of nitrogens with zero attached hydrogens (tertiary/aromatic N) is 8. The van der Waals surface area contributed by atoms with Gasteiger partial charge in [0.1, 0.15) is 57.5 Å². The molecule has 4 heterocycles. The Morgan fingerprint density at radius 2 is 0.533 bits per heavy atom. The summed E-state index contributed by atoms with van der Waals surface area (Å²) in [4.78, 5) is 121. The fourth-order valence-electron chi connectivity index (χ4n) is 15.4. The van der Waals surface area contributed by atoms with Crippen molar-refractivity contribution in [1.82, 2.24) is 38.2 Å². The number of rotatable bonds is 34. The van der Waals surface area contributed by atoms with Gasteiger partial charge in [0, 0.05) is 144 Å². The summed E-state index contributed by atoms with van der Waals surface area (Å²) in [5.41, 5.74) is 12.9. The maximum atomic E-state index is 13.3. The molecule has 4 N–H and O–H groups in total. The Balaban J connectivity index is 0.000000182. The smallest absolute Gasteiger partial charge is 0.277 e. The van der Waals surface area contributed by atoms with Gasteiger partial charge < -0.3 is 68.6 Å². The summed E-state index contributed by atoms with van der Waals surface area (Å²) in [6.07, 6.45) is 9.03. The number of carbonyl (C=O) groups excluding carboxylic acids is 4. The average molecular weight is 1700 g/mol. The van der Waals surface area contributed by atoms with E-state index in [4.69, 9.17) is 90.5 Å². The van der Waals surface area contributed by atoms with Crippen molar-refractivity contribution in [3.05, 3.63) is 167 Å². The van der Waals surface area contributed by atoms with Crippen molar-refractivity contribution in [2.24, 2.45) is 28.2 Å². The largest absolute Gasteiger partial charge is 0.496 e. The fourth-order valence-corrected chi connectivity index (χ4v) is 15.9. The molecule has 0 saturated heterocycles. The number of nitrogens with one attached hydrogen (secondary N) is 4. The third-order valence-corrected chi connectivity index (χ3v) is 22.1. The van der Waals surface area contributed by atoms with Crippen LogP contribution in [0.2, 0.25) is 10.0 Å². The Hall–Kier alpha value is -9.86. The monoisotopic (exact) mass is 1700 g/mol. The number of carbonyl (C=O) groups is 4. The molecule has 0 saturated carbocycles. The number of ether oxygens (including phenoxy) is 10. The van der Waals surface area contributed by atoms with Crippen molar-refractivity contribution in [2.75, 3.05) is 145 Å². The Labute approximate surface area is 709 Å². The SMILES string of the molecule is CCc1nc(-c2cc3c(cc2Cl)C(=O)CC3)n(C)c(=O)c1NC(COC)COC.CCc1nc(-c2cc3c(cc2Cl)C(=O)CCC3)n(C)c(=O)c1NC(COC)COC.CCc1nc(-c2cc3c(cc2OC)C(=O)CC3)n(C)c(=O)c1NC(COC)COC.CCc1nc(-c2cc3c(cc2OC)C(=O)CCC3)n(C)c(=O)c1NC(COC)COC. The zero-order valence-electron chi connectivity index (χ0n) is 72.2. The van der Waals surface area contributed by atoms with Gasteiger partial charge in [-0.15, -0.1) is 0 Å². The van der Waals surface area contributed by atoms with E-state index in [9.17, 15) is 38.4 Å². The first kappa shape index (κ1) is 94.0. The number of methoxy groups -OCH3 is 10. The molecule has 120 heavy (non-hydrogen) atoms. The summed E-state index contributed by atoms with van der Waals surface area (Å²) >= 11 is 13.0. The molecule has 4 aromatic carbocycles. The molecule has 12 rings (SSSR count). The number of halogens is 2. The highest BCUT2D eigenvalue weighted by atomic mass is 35.5. The molecule has 8 aromatic rings. The lowest BCUT2D eigenvalue weighted by Crippen LogP contribution is -2.35.